The second-order valence-corrected chi connectivity index (χ2v) is 7.15. The van der Waals surface area contributed by atoms with E-state index in [0.29, 0.717) is 4.34 Å². The molecule has 1 amide bonds. The fourth-order valence-corrected chi connectivity index (χ4v) is 3.59. The number of rotatable bonds is 3. The maximum absolute atomic E-state index is 13.6. The smallest absolute Gasteiger partial charge is 0.345 e. The van der Waals surface area contributed by atoms with Gasteiger partial charge >= 0.3 is 6.18 Å². The van der Waals surface area contributed by atoms with Crippen LogP contribution in [-0.4, -0.2) is 10.9 Å². The lowest BCUT2D eigenvalue weighted by molar-refractivity contribution is -0.136. The number of carbonyl (C=O) groups is 1. The number of aromatic nitrogens is 1. The molecule has 130 valence electrons. The summed E-state index contributed by atoms with van der Waals surface area (Å²) < 4.78 is 41.3. The van der Waals surface area contributed by atoms with Gasteiger partial charge in [-0.15, -0.1) is 11.3 Å². The number of halogens is 4. The summed E-state index contributed by atoms with van der Waals surface area (Å²) in [6.07, 6.45) is -3.71. The molecule has 1 unspecified atom stereocenters. The third-order valence-corrected chi connectivity index (χ3v) is 5.09. The van der Waals surface area contributed by atoms with Gasteiger partial charge in [0.2, 0.25) is 0 Å². The van der Waals surface area contributed by atoms with E-state index in [1.807, 2.05) is 0 Å². The number of fused-ring (bicyclic) bond motifs is 1. The third-order valence-electron chi connectivity index (χ3n) is 3.67. The molecule has 1 aromatic carbocycles. The van der Waals surface area contributed by atoms with Gasteiger partial charge in [-0.3, -0.25) is 9.78 Å². The van der Waals surface area contributed by atoms with E-state index in [1.165, 1.54) is 29.5 Å². The van der Waals surface area contributed by atoms with Gasteiger partial charge < -0.3 is 5.32 Å². The Morgan fingerprint density at radius 1 is 1.24 bits per heavy atom. The maximum atomic E-state index is 13.6. The van der Waals surface area contributed by atoms with E-state index in [9.17, 15) is 18.0 Å². The van der Waals surface area contributed by atoms with Crippen molar-refractivity contribution in [3.05, 3.63) is 62.9 Å². The van der Waals surface area contributed by atoms with Crippen molar-refractivity contribution in [1.82, 2.24) is 10.3 Å². The van der Waals surface area contributed by atoms with Gasteiger partial charge in [0.1, 0.15) is 0 Å². The first-order chi connectivity index (χ1) is 11.8. The number of nitrogens with zero attached hydrogens (tertiary/aromatic N) is 1. The summed E-state index contributed by atoms with van der Waals surface area (Å²) in [6, 6.07) is 8.78. The molecule has 2 heterocycles. The van der Waals surface area contributed by atoms with E-state index in [-0.39, 0.29) is 10.9 Å². The molecular formula is C17H12ClF3N2OS. The highest BCUT2D eigenvalue weighted by Crippen LogP contribution is 2.37. The van der Waals surface area contributed by atoms with Gasteiger partial charge in [-0.1, -0.05) is 29.8 Å². The van der Waals surface area contributed by atoms with E-state index in [4.69, 9.17) is 11.6 Å². The predicted octanol–water partition coefficient (Wildman–Crippen LogP) is 5.46. The van der Waals surface area contributed by atoms with Crippen LogP contribution in [-0.2, 0) is 6.18 Å². The second-order valence-electron chi connectivity index (χ2n) is 5.40. The zero-order valence-corrected chi connectivity index (χ0v) is 14.5. The Kier molecular flexibility index (Phi) is 4.71. The first-order valence-electron chi connectivity index (χ1n) is 7.28. The van der Waals surface area contributed by atoms with Crippen LogP contribution in [0, 0.1) is 0 Å². The van der Waals surface area contributed by atoms with Crippen molar-refractivity contribution in [1.29, 1.82) is 0 Å². The molecule has 0 aliphatic carbocycles. The fourth-order valence-electron chi connectivity index (χ4n) is 2.53. The summed E-state index contributed by atoms with van der Waals surface area (Å²) in [6.45, 7) is 1.68. The van der Waals surface area contributed by atoms with Crippen molar-refractivity contribution in [2.75, 3.05) is 0 Å². The Morgan fingerprint density at radius 3 is 2.60 bits per heavy atom. The lowest BCUT2D eigenvalue weighted by atomic mass is 10.0. The number of nitrogens with one attached hydrogen (secondary N) is 1. The topological polar surface area (TPSA) is 42.0 Å². The van der Waals surface area contributed by atoms with Gasteiger partial charge in [0.15, 0.2) is 0 Å². The first-order valence-corrected chi connectivity index (χ1v) is 8.48. The lowest BCUT2D eigenvalue weighted by Crippen LogP contribution is -2.28. The zero-order valence-electron chi connectivity index (χ0n) is 12.9. The van der Waals surface area contributed by atoms with Gasteiger partial charge in [0, 0.05) is 16.5 Å². The number of alkyl halides is 3. The number of hydrogen-bond acceptors (Lipinski definition) is 3. The minimum atomic E-state index is -4.68. The number of pyridine rings is 1. The second kappa shape index (κ2) is 6.65. The molecule has 0 saturated carbocycles. The standard InChI is InChI=1S/C17H12ClF3N2OS/c1-9(13-6-7-14(18)25-13)23-16(24)11-8-22-12-5-3-2-4-10(12)15(11)17(19,20)21/h2-9H,1H3,(H,23,24). The molecular weight excluding hydrogens is 373 g/mol. The molecule has 3 nitrogen and oxygen atoms in total. The van der Waals surface area contributed by atoms with E-state index < -0.39 is 29.3 Å². The van der Waals surface area contributed by atoms with Crippen molar-refractivity contribution < 1.29 is 18.0 Å². The van der Waals surface area contributed by atoms with Crippen molar-refractivity contribution in [2.24, 2.45) is 0 Å². The molecule has 0 saturated heterocycles. The Labute approximate surface area is 150 Å². The summed E-state index contributed by atoms with van der Waals surface area (Å²) in [4.78, 5) is 17.2. The number of thiophene rings is 1. The van der Waals surface area contributed by atoms with Crippen LogP contribution in [0.4, 0.5) is 13.2 Å². The van der Waals surface area contributed by atoms with Crippen LogP contribution in [0.2, 0.25) is 4.34 Å². The molecule has 0 spiro atoms. The number of carbonyl (C=O) groups excluding carboxylic acids is 1. The monoisotopic (exact) mass is 384 g/mol. The minimum absolute atomic E-state index is 0.102. The fraction of sp³-hybridized carbons (Fsp3) is 0.176. The summed E-state index contributed by atoms with van der Waals surface area (Å²) >= 11 is 7.11. The van der Waals surface area contributed by atoms with Gasteiger partial charge in [-0.25, -0.2) is 0 Å². The van der Waals surface area contributed by atoms with Crippen molar-refractivity contribution in [2.45, 2.75) is 19.1 Å². The minimum Gasteiger partial charge on any atom is -0.345 e. The maximum Gasteiger partial charge on any atom is 0.417 e. The quantitative estimate of drug-likeness (QED) is 0.651. The summed E-state index contributed by atoms with van der Waals surface area (Å²) in [5, 5.41) is 2.47. The van der Waals surface area contributed by atoms with Gasteiger partial charge in [0.05, 0.1) is 27.0 Å². The van der Waals surface area contributed by atoms with Crippen LogP contribution in [0.5, 0.6) is 0 Å². The Morgan fingerprint density at radius 2 is 1.96 bits per heavy atom. The number of hydrogen-bond donors (Lipinski definition) is 1. The highest BCUT2D eigenvalue weighted by Gasteiger charge is 2.37. The van der Waals surface area contributed by atoms with Crippen LogP contribution in [0.25, 0.3) is 10.9 Å². The highest BCUT2D eigenvalue weighted by molar-refractivity contribution is 7.16. The van der Waals surface area contributed by atoms with Crippen LogP contribution in [0.15, 0.2) is 42.6 Å². The molecule has 0 bridgehead atoms. The molecule has 0 aliphatic rings. The zero-order chi connectivity index (χ0) is 18.2. The molecule has 0 aliphatic heterocycles. The Balaban J connectivity index is 2.01. The lowest BCUT2D eigenvalue weighted by Gasteiger charge is -2.17. The molecule has 25 heavy (non-hydrogen) atoms. The van der Waals surface area contributed by atoms with Gasteiger partial charge in [-0.2, -0.15) is 13.2 Å². The number of para-hydroxylation sites is 1. The molecule has 0 fully saturated rings. The van der Waals surface area contributed by atoms with Crippen LogP contribution in [0.3, 0.4) is 0 Å². The number of benzene rings is 1. The molecule has 3 aromatic rings. The molecule has 1 atom stereocenters. The normalized spacial score (nSPS) is 13.0. The first kappa shape index (κ1) is 17.7. The average Bonchev–Trinajstić information content (AvgIpc) is 2.99. The van der Waals surface area contributed by atoms with E-state index >= 15 is 0 Å². The Hall–Kier alpha value is -2.12. The van der Waals surface area contributed by atoms with E-state index in [1.54, 1.807) is 25.1 Å². The largest absolute Gasteiger partial charge is 0.417 e. The van der Waals surface area contributed by atoms with Crippen molar-refractivity contribution >= 4 is 39.7 Å². The summed E-state index contributed by atoms with van der Waals surface area (Å²) in [5.74, 6) is -0.831. The SMILES string of the molecule is CC(NC(=O)c1cnc2ccccc2c1C(F)(F)F)c1ccc(Cl)s1. The number of amides is 1. The van der Waals surface area contributed by atoms with E-state index in [0.717, 1.165) is 11.1 Å². The molecule has 8 heteroatoms. The van der Waals surface area contributed by atoms with Crippen LogP contribution in [0.1, 0.15) is 33.8 Å². The highest BCUT2D eigenvalue weighted by atomic mass is 35.5. The van der Waals surface area contributed by atoms with Crippen molar-refractivity contribution in [3.8, 4) is 0 Å². The summed E-state index contributed by atoms with van der Waals surface area (Å²) in [5.41, 5.74) is -1.29. The molecule has 2 aromatic heterocycles. The molecule has 1 N–H and O–H groups in total. The van der Waals surface area contributed by atoms with Gasteiger partial charge in [-0.05, 0) is 25.1 Å². The average molecular weight is 385 g/mol. The van der Waals surface area contributed by atoms with Crippen LogP contribution < -0.4 is 5.32 Å². The predicted molar refractivity (Wildman–Crippen MR) is 92.0 cm³/mol. The van der Waals surface area contributed by atoms with Crippen LogP contribution >= 0.6 is 22.9 Å². The molecule has 3 rings (SSSR count). The van der Waals surface area contributed by atoms with Gasteiger partial charge in [0.25, 0.3) is 5.91 Å². The molecule has 0 radical (unpaired) electrons. The summed E-state index contributed by atoms with van der Waals surface area (Å²) in [7, 11) is 0. The Bertz CT molecular complexity index is 939. The third kappa shape index (κ3) is 3.62. The van der Waals surface area contributed by atoms with E-state index in [2.05, 4.69) is 10.3 Å². The van der Waals surface area contributed by atoms with Crippen molar-refractivity contribution in [3.63, 3.8) is 0 Å².